The lowest BCUT2D eigenvalue weighted by atomic mass is 10.1. The second kappa shape index (κ2) is 2.22. The molecule has 40 valence electrons. The van der Waals surface area contributed by atoms with Gasteiger partial charge in [0.05, 0.1) is 12.5 Å². The van der Waals surface area contributed by atoms with Gasteiger partial charge in [-0.2, -0.15) is 0 Å². The van der Waals surface area contributed by atoms with Gasteiger partial charge in [0.2, 0.25) is 0 Å². The molecule has 1 aliphatic heterocycles. The zero-order chi connectivity index (χ0) is 5.11. The number of hydrogen-bond donors (Lipinski definition) is 0. The van der Waals surface area contributed by atoms with E-state index in [2.05, 4.69) is 13.3 Å². The van der Waals surface area contributed by atoms with Crippen LogP contribution in [0.5, 0.6) is 0 Å². The molecule has 1 atom stereocenters. The first-order valence-electron chi connectivity index (χ1n) is 2.83. The summed E-state index contributed by atoms with van der Waals surface area (Å²) < 4.78 is 5.22. The largest absolute Gasteiger partial charge is 0.337 e. The first-order valence-corrected chi connectivity index (χ1v) is 2.83. The summed E-state index contributed by atoms with van der Waals surface area (Å²) in [5, 5.41) is 0. The summed E-state index contributed by atoms with van der Waals surface area (Å²) in [5.41, 5.74) is 0. The molecule has 1 heteroatoms. The third-order valence-electron chi connectivity index (χ3n) is 1.28. The molecule has 0 radical (unpaired) electrons. The van der Waals surface area contributed by atoms with Crippen LogP contribution in [-0.4, -0.2) is 12.7 Å². The van der Waals surface area contributed by atoms with Crippen LogP contribution in [0.4, 0.5) is 0 Å². The smallest absolute Gasteiger partial charge is 0.187 e. The van der Waals surface area contributed by atoms with E-state index in [9.17, 15) is 0 Å². The van der Waals surface area contributed by atoms with Gasteiger partial charge in [-0.15, -0.1) is 0 Å². The Morgan fingerprint density at radius 1 is 1.71 bits per heavy atom. The van der Waals surface area contributed by atoms with Crippen LogP contribution in [0.25, 0.3) is 0 Å². The molecule has 7 heavy (non-hydrogen) atoms. The van der Waals surface area contributed by atoms with Crippen molar-refractivity contribution in [2.75, 3.05) is 6.61 Å². The Morgan fingerprint density at radius 3 is 2.86 bits per heavy atom. The molecule has 1 heterocycles. The van der Waals surface area contributed by atoms with Crippen LogP contribution in [0.2, 0.25) is 0 Å². The minimum absolute atomic E-state index is 0.505. The molecule has 0 amide bonds. The lowest BCUT2D eigenvalue weighted by Gasteiger charge is -2.11. The Hall–Kier alpha value is -0.170. The van der Waals surface area contributed by atoms with E-state index in [-0.39, 0.29) is 0 Å². The van der Waals surface area contributed by atoms with Gasteiger partial charge < -0.3 is 4.74 Å². The summed E-state index contributed by atoms with van der Waals surface area (Å²) >= 11 is 0. The van der Waals surface area contributed by atoms with Crippen LogP contribution < -0.4 is 0 Å². The number of rotatable bonds is 0. The molecule has 0 aromatic heterocycles. The highest BCUT2D eigenvalue weighted by Gasteiger charge is 2.12. The van der Waals surface area contributed by atoms with Gasteiger partial charge in [0.15, 0.2) is 6.61 Å². The zero-order valence-electron chi connectivity index (χ0n) is 4.68. The van der Waals surface area contributed by atoms with E-state index in [1.165, 1.54) is 12.8 Å². The van der Waals surface area contributed by atoms with Crippen molar-refractivity contribution in [3.63, 3.8) is 0 Å². The van der Waals surface area contributed by atoms with Gasteiger partial charge in [-0.3, -0.25) is 0 Å². The summed E-state index contributed by atoms with van der Waals surface area (Å²) in [6.45, 7) is 2.98. The SMILES string of the molecule is CC1CC[CH+]CO1. The molecule has 0 spiro atoms. The quantitative estimate of drug-likeness (QED) is 0.417. The van der Waals surface area contributed by atoms with Crippen molar-refractivity contribution in [1.82, 2.24) is 0 Å². The lowest BCUT2D eigenvalue weighted by molar-refractivity contribution is 0.0533. The van der Waals surface area contributed by atoms with Crippen molar-refractivity contribution in [3.8, 4) is 0 Å². The third-order valence-corrected chi connectivity index (χ3v) is 1.28. The van der Waals surface area contributed by atoms with Gasteiger partial charge in [0.1, 0.15) is 6.42 Å². The maximum Gasteiger partial charge on any atom is 0.187 e. The summed E-state index contributed by atoms with van der Waals surface area (Å²) in [5.74, 6) is 0. The Labute approximate surface area is 44.7 Å². The zero-order valence-corrected chi connectivity index (χ0v) is 4.68. The molecule has 0 aliphatic carbocycles. The van der Waals surface area contributed by atoms with E-state index in [4.69, 9.17) is 4.74 Å². The standard InChI is InChI=1S/C6H11O/c1-6-4-2-3-5-7-6/h3,6H,2,4-5H2,1H3/q+1. The van der Waals surface area contributed by atoms with Crippen LogP contribution in [0.1, 0.15) is 19.8 Å². The predicted molar refractivity (Wildman–Crippen MR) is 28.9 cm³/mol. The molecule has 1 unspecified atom stereocenters. The summed E-state index contributed by atoms with van der Waals surface area (Å²) in [6.07, 6.45) is 5.13. The molecule has 1 aliphatic rings. The van der Waals surface area contributed by atoms with Crippen LogP contribution in [0.15, 0.2) is 0 Å². The molecule has 0 saturated carbocycles. The van der Waals surface area contributed by atoms with E-state index in [0.717, 1.165) is 6.61 Å². The van der Waals surface area contributed by atoms with Crippen LogP contribution in [-0.2, 0) is 4.74 Å². The monoisotopic (exact) mass is 99.1 g/mol. The highest BCUT2D eigenvalue weighted by atomic mass is 16.5. The van der Waals surface area contributed by atoms with Crippen LogP contribution in [0, 0.1) is 6.42 Å². The summed E-state index contributed by atoms with van der Waals surface area (Å²) in [7, 11) is 0. The van der Waals surface area contributed by atoms with E-state index in [1.54, 1.807) is 0 Å². The maximum absolute atomic E-state index is 5.22. The topological polar surface area (TPSA) is 9.23 Å². The molecular weight excluding hydrogens is 88.1 g/mol. The molecule has 1 nitrogen and oxygen atoms in total. The predicted octanol–water partition coefficient (Wildman–Crippen LogP) is 1.39. The minimum atomic E-state index is 0.505. The molecular formula is C6H11O+. The molecule has 1 saturated heterocycles. The number of ether oxygens (including phenoxy) is 1. The van der Waals surface area contributed by atoms with Gasteiger partial charge in [-0.05, 0) is 6.92 Å². The van der Waals surface area contributed by atoms with Gasteiger partial charge >= 0.3 is 0 Å². The van der Waals surface area contributed by atoms with E-state index < -0.39 is 0 Å². The van der Waals surface area contributed by atoms with Gasteiger partial charge in [-0.1, -0.05) is 0 Å². The van der Waals surface area contributed by atoms with Gasteiger partial charge in [0, 0.05) is 6.42 Å². The van der Waals surface area contributed by atoms with Crippen molar-refractivity contribution < 1.29 is 4.74 Å². The molecule has 0 aromatic carbocycles. The fourth-order valence-corrected chi connectivity index (χ4v) is 0.752. The van der Waals surface area contributed by atoms with Crippen molar-refractivity contribution in [2.45, 2.75) is 25.9 Å². The van der Waals surface area contributed by atoms with Crippen molar-refractivity contribution >= 4 is 0 Å². The Morgan fingerprint density at radius 2 is 2.57 bits per heavy atom. The molecule has 1 rings (SSSR count). The number of hydrogen-bond acceptors (Lipinski definition) is 1. The second-order valence-electron chi connectivity index (χ2n) is 2.01. The second-order valence-corrected chi connectivity index (χ2v) is 2.01. The summed E-state index contributed by atoms with van der Waals surface area (Å²) in [4.78, 5) is 0. The maximum atomic E-state index is 5.22. The Kier molecular flexibility index (Phi) is 1.58. The van der Waals surface area contributed by atoms with Crippen LogP contribution >= 0.6 is 0 Å². The van der Waals surface area contributed by atoms with Gasteiger partial charge in [0.25, 0.3) is 0 Å². The van der Waals surface area contributed by atoms with E-state index in [0.29, 0.717) is 6.10 Å². The average molecular weight is 99.2 g/mol. The first kappa shape index (κ1) is 4.98. The third kappa shape index (κ3) is 1.39. The van der Waals surface area contributed by atoms with E-state index >= 15 is 0 Å². The van der Waals surface area contributed by atoms with Crippen LogP contribution in [0.3, 0.4) is 0 Å². The Balaban J connectivity index is 2.12. The molecule has 0 bridgehead atoms. The molecule has 0 N–H and O–H groups in total. The molecule has 0 aromatic rings. The van der Waals surface area contributed by atoms with Crippen molar-refractivity contribution in [3.05, 3.63) is 6.42 Å². The summed E-state index contributed by atoms with van der Waals surface area (Å²) in [6, 6.07) is 0. The fraction of sp³-hybridized carbons (Fsp3) is 0.833. The normalized spacial score (nSPS) is 31.9. The van der Waals surface area contributed by atoms with Crippen molar-refractivity contribution in [2.24, 2.45) is 0 Å². The highest BCUT2D eigenvalue weighted by Crippen LogP contribution is 2.09. The van der Waals surface area contributed by atoms with E-state index in [1.807, 2.05) is 0 Å². The first-order chi connectivity index (χ1) is 3.39. The fourth-order valence-electron chi connectivity index (χ4n) is 0.752. The average Bonchev–Trinajstić information content (AvgIpc) is 1.69. The minimum Gasteiger partial charge on any atom is -0.337 e. The lowest BCUT2D eigenvalue weighted by Crippen LogP contribution is -2.14. The van der Waals surface area contributed by atoms with Gasteiger partial charge in [-0.25, -0.2) is 0 Å². The van der Waals surface area contributed by atoms with Crippen molar-refractivity contribution in [1.29, 1.82) is 0 Å². The highest BCUT2D eigenvalue weighted by molar-refractivity contribution is 4.71. The molecule has 1 fully saturated rings. The Bertz CT molecular complexity index is 46.1.